The van der Waals surface area contributed by atoms with E-state index in [1.165, 1.54) is 0 Å². The number of aliphatic carboxylic acids is 1. The summed E-state index contributed by atoms with van der Waals surface area (Å²) in [5, 5.41) is 8.47. The van der Waals surface area contributed by atoms with E-state index in [0.717, 1.165) is 0 Å². The lowest BCUT2D eigenvalue weighted by molar-refractivity contribution is -0.147. The third kappa shape index (κ3) is 1.57. The molecule has 1 N–H and O–H groups in total. The Morgan fingerprint density at radius 2 is 2.17 bits per heavy atom. The van der Waals surface area contributed by atoms with Crippen LogP contribution in [0.2, 0.25) is 0 Å². The van der Waals surface area contributed by atoms with Crippen LogP contribution in [-0.4, -0.2) is 23.1 Å². The molecule has 1 saturated heterocycles. The number of carbonyl (C=O) groups is 2. The number of rotatable bonds is 2. The number of ether oxygens (including phenoxy) is 1. The zero-order valence-corrected chi connectivity index (χ0v) is 7.11. The van der Waals surface area contributed by atoms with E-state index in [1.54, 1.807) is 6.92 Å². The summed E-state index contributed by atoms with van der Waals surface area (Å²) in [5.74, 6) is -1.37. The van der Waals surface area contributed by atoms with Crippen molar-refractivity contribution in [3.8, 4) is 0 Å². The molecule has 1 aliphatic rings. The van der Waals surface area contributed by atoms with Crippen molar-refractivity contribution in [3.63, 3.8) is 0 Å². The molecule has 1 fully saturated rings. The van der Waals surface area contributed by atoms with E-state index in [0.29, 0.717) is 0 Å². The highest BCUT2D eigenvalue weighted by molar-refractivity contribution is 5.76. The van der Waals surface area contributed by atoms with Crippen LogP contribution in [0.3, 0.4) is 0 Å². The average Bonchev–Trinajstić information content (AvgIpc) is 2.17. The maximum absolute atomic E-state index is 11.0. The second-order valence-corrected chi connectivity index (χ2v) is 3.22. The molecule has 1 rings (SSSR count). The molecule has 0 aromatic rings. The molecule has 0 radical (unpaired) electrons. The van der Waals surface area contributed by atoms with Crippen LogP contribution in [0.15, 0.2) is 0 Å². The predicted molar refractivity (Wildman–Crippen MR) is 40.5 cm³/mol. The summed E-state index contributed by atoms with van der Waals surface area (Å²) >= 11 is 0. The molecule has 0 bridgehead atoms. The molecular weight excluding hydrogens is 160 g/mol. The third-order valence-electron chi connectivity index (χ3n) is 2.39. The molecule has 1 heterocycles. The van der Waals surface area contributed by atoms with Gasteiger partial charge in [-0.25, -0.2) is 0 Å². The van der Waals surface area contributed by atoms with Gasteiger partial charge in [0.15, 0.2) is 0 Å². The van der Waals surface area contributed by atoms with Gasteiger partial charge in [-0.3, -0.25) is 9.59 Å². The largest absolute Gasteiger partial charge is 0.481 e. The Hall–Kier alpha value is -1.06. The maximum atomic E-state index is 11.0. The van der Waals surface area contributed by atoms with Gasteiger partial charge in [-0.1, -0.05) is 13.8 Å². The Kier molecular flexibility index (Phi) is 2.35. The highest BCUT2D eigenvalue weighted by atomic mass is 16.6. The summed E-state index contributed by atoms with van der Waals surface area (Å²) in [4.78, 5) is 21.3. The maximum Gasteiger partial charge on any atom is 0.309 e. The third-order valence-corrected chi connectivity index (χ3v) is 2.39. The van der Waals surface area contributed by atoms with Crippen LogP contribution in [0.1, 0.15) is 20.3 Å². The van der Waals surface area contributed by atoms with E-state index in [2.05, 4.69) is 0 Å². The minimum Gasteiger partial charge on any atom is -0.481 e. The molecule has 0 spiro atoms. The van der Waals surface area contributed by atoms with E-state index in [-0.39, 0.29) is 24.2 Å². The lowest BCUT2D eigenvalue weighted by Gasteiger charge is -2.11. The molecule has 0 amide bonds. The summed E-state index contributed by atoms with van der Waals surface area (Å²) in [6, 6.07) is 0. The Morgan fingerprint density at radius 1 is 1.58 bits per heavy atom. The van der Waals surface area contributed by atoms with E-state index >= 15 is 0 Å². The number of hydrogen-bond donors (Lipinski definition) is 1. The minimum atomic E-state index is -0.922. The molecule has 3 unspecified atom stereocenters. The highest BCUT2D eigenvalue weighted by Gasteiger charge is 2.39. The minimum absolute atomic E-state index is 0.00796. The quantitative estimate of drug-likeness (QED) is 0.621. The van der Waals surface area contributed by atoms with Gasteiger partial charge in [-0.15, -0.1) is 0 Å². The second kappa shape index (κ2) is 3.13. The fourth-order valence-electron chi connectivity index (χ4n) is 1.30. The summed E-state index contributed by atoms with van der Waals surface area (Å²) < 4.78 is 4.88. The van der Waals surface area contributed by atoms with Crippen LogP contribution in [-0.2, 0) is 14.3 Å². The highest BCUT2D eigenvalue weighted by Crippen LogP contribution is 2.29. The van der Waals surface area contributed by atoms with Gasteiger partial charge < -0.3 is 9.84 Å². The molecule has 4 nitrogen and oxygen atoms in total. The molecule has 68 valence electrons. The standard InChI is InChI=1S/C8H12O4/c1-4-5(2)8(11)12-6(4)3-7(9)10/h4-6H,3H2,1-2H3,(H,9,10). The normalized spacial score (nSPS) is 34.8. The SMILES string of the molecule is CC1C(=O)OC(CC(=O)O)C1C. The van der Waals surface area contributed by atoms with E-state index in [1.807, 2.05) is 6.92 Å². The number of carboxylic acids is 1. The monoisotopic (exact) mass is 172 g/mol. The lowest BCUT2D eigenvalue weighted by atomic mass is 9.92. The Labute approximate surface area is 70.5 Å². The molecule has 1 aliphatic heterocycles. The van der Waals surface area contributed by atoms with Gasteiger partial charge in [0.25, 0.3) is 0 Å². The zero-order valence-electron chi connectivity index (χ0n) is 7.11. The molecule has 4 heteroatoms. The first kappa shape index (κ1) is 9.03. The first-order chi connectivity index (χ1) is 5.52. The summed E-state index contributed by atoms with van der Waals surface area (Å²) in [5.41, 5.74) is 0. The van der Waals surface area contributed by atoms with Gasteiger partial charge in [0, 0.05) is 5.92 Å². The van der Waals surface area contributed by atoms with Gasteiger partial charge in [0.05, 0.1) is 12.3 Å². The Morgan fingerprint density at radius 3 is 2.50 bits per heavy atom. The van der Waals surface area contributed by atoms with Gasteiger partial charge in [0.1, 0.15) is 6.10 Å². The number of carbonyl (C=O) groups excluding carboxylic acids is 1. The fraction of sp³-hybridized carbons (Fsp3) is 0.750. The predicted octanol–water partition coefficient (Wildman–Crippen LogP) is 0.659. The summed E-state index contributed by atoms with van der Waals surface area (Å²) in [6.07, 6.45) is -0.526. The zero-order chi connectivity index (χ0) is 9.30. The molecule has 12 heavy (non-hydrogen) atoms. The molecule has 0 saturated carbocycles. The van der Waals surface area contributed by atoms with Crippen molar-refractivity contribution in [2.45, 2.75) is 26.4 Å². The van der Waals surface area contributed by atoms with Crippen LogP contribution in [0, 0.1) is 11.8 Å². The van der Waals surface area contributed by atoms with Crippen molar-refractivity contribution >= 4 is 11.9 Å². The Bertz CT molecular complexity index is 209. The van der Waals surface area contributed by atoms with Crippen molar-refractivity contribution in [2.24, 2.45) is 11.8 Å². The molecule has 0 aromatic heterocycles. The van der Waals surface area contributed by atoms with Crippen molar-refractivity contribution in [2.75, 3.05) is 0 Å². The van der Waals surface area contributed by atoms with Crippen molar-refractivity contribution in [1.82, 2.24) is 0 Å². The van der Waals surface area contributed by atoms with E-state index < -0.39 is 12.1 Å². The molecule has 3 atom stereocenters. The summed E-state index contributed by atoms with van der Waals surface area (Å²) in [7, 11) is 0. The topological polar surface area (TPSA) is 63.6 Å². The van der Waals surface area contributed by atoms with Crippen LogP contribution in [0.4, 0.5) is 0 Å². The average molecular weight is 172 g/mol. The molecular formula is C8H12O4. The van der Waals surface area contributed by atoms with Crippen LogP contribution >= 0.6 is 0 Å². The number of hydrogen-bond acceptors (Lipinski definition) is 3. The fourth-order valence-corrected chi connectivity index (χ4v) is 1.30. The first-order valence-electron chi connectivity index (χ1n) is 3.94. The van der Waals surface area contributed by atoms with E-state index in [9.17, 15) is 9.59 Å². The van der Waals surface area contributed by atoms with E-state index in [4.69, 9.17) is 9.84 Å². The van der Waals surface area contributed by atoms with Crippen molar-refractivity contribution in [1.29, 1.82) is 0 Å². The number of carboxylic acid groups (broad SMARTS) is 1. The molecule has 0 aromatic carbocycles. The smallest absolute Gasteiger partial charge is 0.309 e. The van der Waals surface area contributed by atoms with Gasteiger partial charge >= 0.3 is 11.9 Å². The van der Waals surface area contributed by atoms with Gasteiger partial charge in [-0.05, 0) is 0 Å². The van der Waals surface area contributed by atoms with Crippen LogP contribution in [0.5, 0.6) is 0 Å². The summed E-state index contributed by atoms with van der Waals surface area (Å²) in [6.45, 7) is 3.60. The second-order valence-electron chi connectivity index (χ2n) is 3.22. The Balaban J connectivity index is 2.58. The number of esters is 1. The molecule has 0 aliphatic carbocycles. The van der Waals surface area contributed by atoms with Crippen molar-refractivity contribution in [3.05, 3.63) is 0 Å². The first-order valence-corrected chi connectivity index (χ1v) is 3.94. The van der Waals surface area contributed by atoms with Crippen LogP contribution in [0.25, 0.3) is 0 Å². The lowest BCUT2D eigenvalue weighted by Crippen LogP contribution is -2.19. The number of cyclic esters (lactones) is 1. The van der Waals surface area contributed by atoms with Gasteiger partial charge in [0.2, 0.25) is 0 Å². The van der Waals surface area contributed by atoms with Crippen LogP contribution < -0.4 is 0 Å². The van der Waals surface area contributed by atoms with Gasteiger partial charge in [-0.2, -0.15) is 0 Å². The van der Waals surface area contributed by atoms with Crippen molar-refractivity contribution < 1.29 is 19.4 Å².